The van der Waals surface area contributed by atoms with Crippen LogP contribution in [-0.2, 0) is 23.9 Å². The Bertz CT molecular complexity index is 669. The van der Waals surface area contributed by atoms with E-state index in [-0.39, 0.29) is 30.9 Å². The van der Waals surface area contributed by atoms with Crippen LogP contribution in [0.25, 0.3) is 0 Å². The molecule has 0 bridgehead atoms. The Labute approximate surface area is 245 Å². The summed E-state index contributed by atoms with van der Waals surface area (Å²) in [5.41, 5.74) is 0. The van der Waals surface area contributed by atoms with Crippen LogP contribution in [0, 0.1) is 0 Å². The third-order valence-electron chi connectivity index (χ3n) is 6.92. The zero-order valence-electron chi connectivity index (χ0n) is 25.8. The number of hydrogen-bond acceptors (Lipinski definition) is 6. The van der Waals surface area contributed by atoms with Gasteiger partial charge in [-0.1, -0.05) is 122 Å². The number of esters is 2. The Hall–Kier alpha value is -1.95. The molecular weight excluding hydrogens is 504 g/mol. The Morgan fingerprint density at radius 3 is 1.50 bits per heavy atom. The number of hydrogen-bond donors (Lipinski definition) is 1. The molecule has 1 atom stereocenters. The smallest absolute Gasteiger partial charge is 0.305 e. The summed E-state index contributed by atoms with van der Waals surface area (Å²) in [6, 6.07) is 0. The van der Waals surface area contributed by atoms with E-state index < -0.39 is 6.10 Å². The van der Waals surface area contributed by atoms with Crippen LogP contribution in [0.1, 0.15) is 155 Å². The molecule has 0 rings (SSSR count). The maximum atomic E-state index is 11.9. The predicted molar refractivity (Wildman–Crippen MR) is 164 cm³/mol. The average Bonchev–Trinajstić information content (AvgIpc) is 2.94. The number of unbranched alkanes of at least 4 members (excludes halogenated alkanes) is 16. The van der Waals surface area contributed by atoms with Crippen molar-refractivity contribution in [3.05, 3.63) is 24.3 Å². The molecule has 0 aliphatic rings. The molecule has 0 radical (unpaired) electrons. The van der Waals surface area contributed by atoms with E-state index in [0.29, 0.717) is 19.3 Å². The number of rotatable bonds is 29. The van der Waals surface area contributed by atoms with Gasteiger partial charge in [0, 0.05) is 19.3 Å². The fourth-order valence-electron chi connectivity index (χ4n) is 4.36. The van der Waals surface area contributed by atoms with Gasteiger partial charge >= 0.3 is 11.9 Å². The summed E-state index contributed by atoms with van der Waals surface area (Å²) < 4.78 is 10.2. The molecule has 0 fully saturated rings. The Balaban J connectivity index is 3.56. The molecule has 40 heavy (non-hydrogen) atoms. The quantitative estimate of drug-likeness (QED) is 0.0423. The highest BCUT2D eigenvalue weighted by molar-refractivity contribution is 5.89. The molecule has 0 heterocycles. The minimum atomic E-state index is -0.997. The number of carbonyl (C=O) groups excluding carboxylic acids is 3. The van der Waals surface area contributed by atoms with Crippen molar-refractivity contribution in [3.8, 4) is 0 Å². The van der Waals surface area contributed by atoms with Gasteiger partial charge in [0.2, 0.25) is 0 Å². The van der Waals surface area contributed by atoms with Gasteiger partial charge in [-0.3, -0.25) is 14.4 Å². The van der Waals surface area contributed by atoms with Crippen LogP contribution >= 0.6 is 0 Å². The monoisotopic (exact) mass is 564 g/mol. The van der Waals surface area contributed by atoms with E-state index in [1.807, 2.05) is 12.2 Å². The molecule has 6 heteroatoms. The summed E-state index contributed by atoms with van der Waals surface area (Å²) >= 11 is 0. The van der Waals surface area contributed by atoms with Crippen LogP contribution in [0.2, 0.25) is 0 Å². The fraction of sp³-hybridized carbons (Fsp3) is 0.794. The molecule has 232 valence electrons. The molecule has 0 saturated carbocycles. The van der Waals surface area contributed by atoms with Crippen LogP contribution in [0.5, 0.6) is 0 Å². The maximum Gasteiger partial charge on any atom is 0.305 e. The number of ketones is 1. The zero-order chi connectivity index (χ0) is 29.5. The van der Waals surface area contributed by atoms with E-state index in [4.69, 9.17) is 9.47 Å². The molecule has 6 nitrogen and oxygen atoms in total. The fourth-order valence-corrected chi connectivity index (χ4v) is 4.36. The number of aliphatic hydroxyl groups is 1. The van der Waals surface area contributed by atoms with Crippen molar-refractivity contribution in [1.82, 2.24) is 0 Å². The van der Waals surface area contributed by atoms with Gasteiger partial charge < -0.3 is 14.6 Å². The molecular formula is C34H60O6. The van der Waals surface area contributed by atoms with Crippen molar-refractivity contribution in [2.75, 3.05) is 13.2 Å². The molecule has 0 amide bonds. The van der Waals surface area contributed by atoms with Crippen molar-refractivity contribution in [1.29, 1.82) is 0 Å². The van der Waals surface area contributed by atoms with E-state index in [0.717, 1.165) is 57.8 Å². The highest BCUT2D eigenvalue weighted by Gasteiger charge is 2.12. The predicted octanol–water partition coefficient (Wildman–Crippen LogP) is 8.74. The Kier molecular flexibility index (Phi) is 28.6. The lowest BCUT2D eigenvalue weighted by Gasteiger charge is -2.12. The average molecular weight is 565 g/mol. The Morgan fingerprint density at radius 1 is 0.575 bits per heavy atom. The van der Waals surface area contributed by atoms with Crippen LogP contribution in [0.3, 0.4) is 0 Å². The van der Waals surface area contributed by atoms with Crippen molar-refractivity contribution in [3.63, 3.8) is 0 Å². The summed E-state index contributed by atoms with van der Waals surface area (Å²) in [5.74, 6) is -0.499. The van der Waals surface area contributed by atoms with Crippen LogP contribution < -0.4 is 0 Å². The third kappa shape index (κ3) is 29.0. The van der Waals surface area contributed by atoms with Crippen molar-refractivity contribution in [2.24, 2.45) is 0 Å². The van der Waals surface area contributed by atoms with Crippen molar-refractivity contribution >= 4 is 17.7 Å². The van der Waals surface area contributed by atoms with E-state index in [1.54, 1.807) is 6.08 Å². The Morgan fingerprint density at radius 2 is 1.00 bits per heavy atom. The second-order valence-electron chi connectivity index (χ2n) is 11.0. The zero-order valence-corrected chi connectivity index (χ0v) is 25.8. The van der Waals surface area contributed by atoms with Gasteiger partial charge in [0.05, 0.1) is 0 Å². The standard InChI is InChI=1S/C34H60O6/c1-3-5-7-9-11-12-13-15-19-23-27-33(37)39-29-32(36)30-40-34(38)28-24-20-16-18-22-26-31(35)25-21-17-14-10-8-6-4-2/h14,17,21,25,32,36H,3-13,15-16,18-20,22-24,26-30H2,1-2H3/b17-14-,25-21+/t32-/m1/s1. The minimum absolute atomic E-state index is 0.146. The van der Waals surface area contributed by atoms with Crippen LogP contribution in [0.4, 0.5) is 0 Å². The molecule has 0 spiro atoms. The molecule has 0 saturated heterocycles. The lowest BCUT2D eigenvalue weighted by Crippen LogP contribution is -2.25. The molecule has 0 aliphatic carbocycles. The van der Waals surface area contributed by atoms with Crippen molar-refractivity contribution < 1.29 is 29.0 Å². The third-order valence-corrected chi connectivity index (χ3v) is 6.92. The summed E-state index contributed by atoms with van der Waals surface area (Å²) in [4.78, 5) is 35.6. The molecule has 0 aromatic rings. The number of carbonyl (C=O) groups is 3. The first-order valence-corrected chi connectivity index (χ1v) is 16.3. The maximum absolute atomic E-state index is 11.9. The summed E-state index contributed by atoms with van der Waals surface area (Å²) in [5, 5.41) is 9.93. The van der Waals surface area contributed by atoms with Crippen molar-refractivity contribution in [2.45, 2.75) is 161 Å². The molecule has 0 aliphatic heterocycles. The first-order valence-electron chi connectivity index (χ1n) is 16.3. The van der Waals surface area contributed by atoms with Crippen LogP contribution in [-0.4, -0.2) is 42.1 Å². The van der Waals surface area contributed by atoms with E-state index in [2.05, 4.69) is 19.9 Å². The lowest BCUT2D eigenvalue weighted by molar-refractivity contribution is -0.152. The highest BCUT2D eigenvalue weighted by atomic mass is 16.6. The van der Waals surface area contributed by atoms with Gasteiger partial charge in [0.25, 0.3) is 0 Å². The SMILES string of the molecule is CCCCC/C=C\C=C\C(=O)CCCCCCCC(=O)OC[C@H](O)COC(=O)CCCCCCCCCCCC. The molecule has 0 unspecified atom stereocenters. The summed E-state index contributed by atoms with van der Waals surface area (Å²) in [6.45, 7) is 4.11. The van der Waals surface area contributed by atoms with Gasteiger partial charge in [0.15, 0.2) is 5.78 Å². The van der Waals surface area contributed by atoms with E-state index in [9.17, 15) is 19.5 Å². The second kappa shape index (κ2) is 30.0. The molecule has 0 aromatic heterocycles. The molecule has 1 N–H and O–H groups in total. The summed E-state index contributed by atoms with van der Waals surface area (Å²) in [6.07, 6.45) is 29.0. The number of ether oxygens (including phenoxy) is 2. The van der Waals surface area contributed by atoms with E-state index >= 15 is 0 Å². The first kappa shape index (κ1) is 38.0. The normalized spacial score (nSPS) is 12.3. The largest absolute Gasteiger partial charge is 0.463 e. The summed E-state index contributed by atoms with van der Waals surface area (Å²) in [7, 11) is 0. The van der Waals surface area contributed by atoms with Crippen LogP contribution in [0.15, 0.2) is 24.3 Å². The van der Waals surface area contributed by atoms with Gasteiger partial charge in [-0.15, -0.1) is 0 Å². The topological polar surface area (TPSA) is 89.9 Å². The second-order valence-corrected chi connectivity index (χ2v) is 11.0. The highest BCUT2D eigenvalue weighted by Crippen LogP contribution is 2.12. The lowest BCUT2D eigenvalue weighted by atomic mass is 10.1. The van der Waals surface area contributed by atoms with Gasteiger partial charge in [-0.05, 0) is 38.2 Å². The van der Waals surface area contributed by atoms with Gasteiger partial charge in [-0.25, -0.2) is 0 Å². The minimum Gasteiger partial charge on any atom is -0.463 e. The van der Waals surface area contributed by atoms with Gasteiger partial charge in [-0.2, -0.15) is 0 Å². The molecule has 0 aromatic carbocycles. The van der Waals surface area contributed by atoms with Gasteiger partial charge in [0.1, 0.15) is 19.3 Å². The van der Waals surface area contributed by atoms with E-state index in [1.165, 1.54) is 64.2 Å². The number of aliphatic hydroxyl groups excluding tert-OH is 1. The first-order chi connectivity index (χ1) is 19.5. The number of allylic oxidation sites excluding steroid dienone is 4.